The van der Waals surface area contributed by atoms with Gasteiger partial charge in [-0.05, 0) is 31.9 Å². The van der Waals surface area contributed by atoms with Crippen LogP contribution in [0.4, 0.5) is 4.79 Å². The molecule has 4 rings (SSSR count). The number of aromatic nitrogens is 1. The molecule has 160 valence electrons. The summed E-state index contributed by atoms with van der Waals surface area (Å²) in [6, 6.07) is 2.89. The van der Waals surface area contributed by atoms with E-state index in [1.165, 1.54) is 9.80 Å². The van der Waals surface area contributed by atoms with Crippen molar-refractivity contribution in [1.82, 2.24) is 14.8 Å². The topological polar surface area (TPSA) is 82.7 Å². The molecule has 1 N–H and O–H groups in total. The minimum Gasteiger partial charge on any atom is -0.461 e. The average Bonchev–Trinajstić information content (AvgIpc) is 3.20. The standard InChI is InChI=1S/C21H23Cl2N3O4/c1-2-30-20(28)19-14(18-15(23)8-12(22)9-16(18)24-19)10-25-11-17(27)26(21(25)29)13-6-4-3-5-7-13/h8-9,13,24H,2-7,10-11H2,1H3. The van der Waals surface area contributed by atoms with Gasteiger partial charge in [-0.3, -0.25) is 9.69 Å². The van der Waals surface area contributed by atoms with Crippen molar-refractivity contribution in [2.75, 3.05) is 13.2 Å². The molecule has 9 heteroatoms. The van der Waals surface area contributed by atoms with Crippen LogP contribution in [-0.4, -0.2) is 51.9 Å². The van der Waals surface area contributed by atoms with Crippen molar-refractivity contribution in [2.45, 2.75) is 51.6 Å². The van der Waals surface area contributed by atoms with Crippen LogP contribution in [0.25, 0.3) is 10.9 Å². The number of imide groups is 1. The summed E-state index contributed by atoms with van der Waals surface area (Å²) in [5.41, 5.74) is 1.32. The molecule has 2 aliphatic rings. The molecular formula is C21H23Cl2N3O4. The molecule has 7 nitrogen and oxygen atoms in total. The number of urea groups is 1. The lowest BCUT2D eigenvalue weighted by Gasteiger charge is -2.29. The number of aromatic amines is 1. The van der Waals surface area contributed by atoms with Gasteiger partial charge in [0.1, 0.15) is 12.2 Å². The molecule has 30 heavy (non-hydrogen) atoms. The lowest BCUT2D eigenvalue weighted by atomic mass is 9.94. The summed E-state index contributed by atoms with van der Waals surface area (Å²) >= 11 is 12.5. The monoisotopic (exact) mass is 451 g/mol. The number of hydrogen-bond acceptors (Lipinski definition) is 4. The number of esters is 1. The summed E-state index contributed by atoms with van der Waals surface area (Å²) in [4.78, 5) is 44.2. The number of amides is 3. The highest BCUT2D eigenvalue weighted by Crippen LogP contribution is 2.35. The van der Waals surface area contributed by atoms with Crippen molar-refractivity contribution in [3.8, 4) is 0 Å². The summed E-state index contributed by atoms with van der Waals surface area (Å²) in [6.07, 6.45) is 4.87. The predicted octanol–water partition coefficient (Wildman–Crippen LogP) is 4.75. The Bertz CT molecular complexity index is 1010. The van der Waals surface area contributed by atoms with Crippen LogP contribution in [0.5, 0.6) is 0 Å². The van der Waals surface area contributed by atoms with Gasteiger partial charge in [-0.15, -0.1) is 0 Å². The number of benzene rings is 1. The molecule has 0 spiro atoms. The van der Waals surface area contributed by atoms with E-state index in [1.807, 2.05) is 0 Å². The number of carbonyl (C=O) groups excluding carboxylic acids is 3. The van der Waals surface area contributed by atoms with E-state index in [1.54, 1.807) is 19.1 Å². The second kappa shape index (κ2) is 8.47. The molecule has 2 heterocycles. The fraction of sp³-hybridized carbons (Fsp3) is 0.476. The van der Waals surface area contributed by atoms with Crippen LogP contribution in [0.15, 0.2) is 12.1 Å². The third-order valence-electron chi connectivity index (χ3n) is 5.76. The number of rotatable bonds is 5. The van der Waals surface area contributed by atoms with E-state index in [0.717, 1.165) is 32.1 Å². The van der Waals surface area contributed by atoms with Gasteiger partial charge in [-0.1, -0.05) is 42.5 Å². The lowest BCUT2D eigenvalue weighted by Crippen LogP contribution is -2.42. The fourth-order valence-electron chi connectivity index (χ4n) is 4.43. The Morgan fingerprint density at radius 3 is 2.63 bits per heavy atom. The van der Waals surface area contributed by atoms with Crippen molar-refractivity contribution >= 4 is 52.0 Å². The van der Waals surface area contributed by atoms with Crippen molar-refractivity contribution in [3.63, 3.8) is 0 Å². The second-order valence-electron chi connectivity index (χ2n) is 7.70. The molecule has 1 aromatic heterocycles. The number of hydrogen-bond donors (Lipinski definition) is 1. The van der Waals surface area contributed by atoms with Crippen molar-refractivity contribution in [2.24, 2.45) is 0 Å². The molecule has 0 unspecified atom stereocenters. The van der Waals surface area contributed by atoms with E-state index in [0.29, 0.717) is 26.5 Å². The molecule has 2 aromatic rings. The minimum atomic E-state index is -0.544. The molecule has 1 saturated carbocycles. The van der Waals surface area contributed by atoms with Gasteiger partial charge >= 0.3 is 12.0 Å². The normalized spacial score (nSPS) is 18.0. The van der Waals surface area contributed by atoms with Gasteiger partial charge in [-0.25, -0.2) is 9.59 Å². The smallest absolute Gasteiger partial charge is 0.355 e. The number of fused-ring (bicyclic) bond motifs is 1. The SMILES string of the molecule is CCOC(=O)c1[nH]c2cc(Cl)cc(Cl)c2c1CN1CC(=O)N(C2CCCCC2)C1=O. The molecule has 0 atom stereocenters. The highest BCUT2D eigenvalue weighted by molar-refractivity contribution is 6.39. The first-order chi connectivity index (χ1) is 14.4. The Morgan fingerprint density at radius 2 is 1.93 bits per heavy atom. The summed E-state index contributed by atoms with van der Waals surface area (Å²) in [6.45, 7) is 1.98. The second-order valence-corrected chi connectivity index (χ2v) is 8.55. The molecule has 0 bridgehead atoms. The van der Waals surface area contributed by atoms with Gasteiger partial charge in [0.2, 0.25) is 0 Å². The van der Waals surface area contributed by atoms with E-state index in [4.69, 9.17) is 27.9 Å². The minimum absolute atomic E-state index is 0.0184. The molecule has 3 amide bonds. The van der Waals surface area contributed by atoms with E-state index < -0.39 is 5.97 Å². The highest BCUT2D eigenvalue weighted by Gasteiger charge is 2.41. The molecule has 2 fully saturated rings. The Labute approximate surface area is 184 Å². The van der Waals surface area contributed by atoms with E-state index >= 15 is 0 Å². The number of carbonyl (C=O) groups is 3. The molecule has 1 saturated heterocycles. The molecule has 1 aromatic carbocycles. The third kappa shape index (κ3) is 3.76. The van der Waals surface area contributed by atoms with E-state index in [2.05, 4.69) is 4.98 Å². The molecule has 1 aliphatic heterocycles. The summed E-state index contributed by atoms with van der Waals surface area (Å²) in [5.74, 6) is -0.739. The maximum Gasteiger partial charge on any atom is 0.355 e. The first kappa shape index (κ1) is 21.0. The van der Waals surface area contributed by atoms with Gasteiger partial charge in [0.15, 0.2) is 0 Å². The first-order valence-electron chi connectivity index (χ1n) is 10.2. The Hall–Kier alpha value is -2.25. The van der Waals surface area contributed by atoms with Crippen molar-refractivity contribution in [3.05, 3.63) is 33.4 Å². The molecular weight excluding hydrogens is 429 g/mol. The van der Waals surface area contributed by atoms with Gasteiger partial charge in [0.25, 0.3) is 5.91 Å². The van der Waals surface area contributed by atoms with Gasteiger partial charge in [-0.2, -0.15) is 0 Å². The number of nitrogens with one attached hydrogen (secondary N) is 1. The van der Waals surface area contributed by atoms with E-state index in [9.17, 15) is 14.4 Å². The summed E-state index contributed by atoms with van der Waals surface area (Å²) in [5, 5.41) is 1.38. The number of ether oxygens (including phenoxy) is 1. The maximum atomic E-state index is 13.1. The number of halogens is 2. The zero-order chi connectivity index (χ0) is 21.4. The Morgan fingerprint density at radius 1 is 1.20 bits per heavy atom. The fourth-order valence-corrected chi connectivity index (χ4v) is 5.04. The van der Waals surface area contributed by atoms with Crippen molar-refractivity contribution in [1.29, 1.82) is 0 Å². The number of nitrogens with zero attached hydrogens (tertiary/aromatic N) is 2. The average molecular weight is 452 g/mol. The highest BCUT2D eigenvalue weighted by atomic mass is 35.5. The van der Waals surface area contributed by atoms with E-state index in [-0.39, 0.29) is 43.4 Å². The summed E-state index contributed by atoms with van der Waals surface area (Å²) in [7, 11) is 0. The zero-order valence-electron chi connectivity index (χ0n) is 16.7. The van der Waals surface area contributed by atoms with Crippen molar-refractivity contribution < 1.29 is 19.1 Å². The largest absolute Gasteiger partial charge is 0.461 e. The van der Waals surface area contributed by atoms with Crippen LogP contribution in [0, 0.1) is 0 Å². The quantitative estimate of drug-likeness (QED) is 0.525. The van der Waals surface area contributed by atoms with Crippen LogP contribution >= 0.6 is 23.2 Å². The Balaban J connectivity index is 1.69. The van der Waals surface area contributed by atoms with Gasteiger partial charge in [0, 0.05) is 27.5 Å². The van der Waals surface area contributed by atoms with Crippen LogP contribution in [0.3, 0.4) is 0 Å². The third-order valence-corrected chi connectivity index (χ3v) is 6.27. The number of H-pyrrole nitrogens is 1. The molecule has 1 aliphatic carbocycles. The van der Waals surface area contributed by atoms with Crippen LogP contribution in [0.2, 0.25) is 10.0 Å². The predicted molar refractivity (Wildman–Crippen MR) is 114 cm³/mol. The zero-order valence-corrected chi connectivity index (χ0v) is 18.2. The van der Waals surface area contributed by atoms with Crippen LogP contribution in [-0.2, 0) is 16.1 Å². The lowest BCUT2D eigenvalue weighted by molar-refractivity contribution is -0.127. The summed E-state index contributed by atoms with van der Waals surface area (Å²) < 4.78 is 5.17. The van der Waals surface area contributed by atoms with Crippen LogP contribution in [0.1, 0.15) is 55.1 Å². The van der Waals surface area contributed by atoms with Gasteiger partial charge in [0.05, 0.1) is 18.2 Å². The van der Waals surface area contributed by atoms with Gasteiger partial charge < -0.3 is 14.6 Å². The van der Waals surface area contributed by atoms with Crippen LogP contribution < -0.4 is 0 Å². The Kier molecular flexibility index (Phi) is 5.93. The molecule has 0 radical (unpaired) electrons. The first-order valence-corrected chi connectivity index (χ1v) is 10.9. The maximum absolute atomic E-state index is 13.1.